The van der Waals surface area contributed by atoms with Gasteiger partial charge in [-0.05, 0) is 41.1 Å². The fourth-order valence-electron chi connectivity index (χ4n) is 3.53. The molecule has 0 unspecified atom stereocenters. The lowest BCUT2D eigenvalue weighted by atomic mass is 10.1. The number of amides is 1. The Labute approximate surface area is 185 Å². The van der Waals surface area contributed by atoms with Crippen molar-refractivity contribution in [3.05, 3.63) is 66.2 Å². The van der Waals surface area contributed by atoms with Crippen molar-refractivity contribution in [2.75, 3.05) is 49.4 Å². The zero-order chi connectivity index (χ0) is 21.6. The van der Waals surface area contributed by atoms with Crippen molar-refractivity contribution in [3.8, 4) is 0 Å². The van der Waals surface area contributed by atoms with Crippen LogP contribution in [0.3, 0.4) is 0 Å². The molecule has 1 fully saturated rings. The molecule has 31 heavy (non-hydrogen) atoms. The van der Waals surface area contributed by atoms with Gasteiger partial charge in [0.1, 0.15) is 0 Å². The van der Waals surface area contributed by atoms with Gasteiger partial charge in [0.15, 0.2) is 0 Å². The number of hydrogen-bond donors (Lipinski definition) is 1. The van der Waals surface area contributed by atoms with Crippen molar-refractivity contribution in [3.63, 3.8) is 0 Å². The molecule has 6 nitrogen and oxygen atoms in total. The van der Waals surface area contributed by atoms with Crippen LogP contribution < -0.4 is 10.2 Å². The average Bonchev–Trinajstić information content (AvgIpc) is 2.83. The first-order valence-corrected chi connectivity index (χ1v) is 11.1. The van der Waals surface area contributed by atoms with Gasteiger partial charge in [0.25, 0.3) is 0 Å². The lowest BCUT2D eigenvalue weighted by molar-refractivity contribution is -0.113. The topological polar surface area (TPSA) is 67.9 Å². The van der Waals surface area contributed by atoms with Gasteiger partial charge >= 0.3 is 5.97 Å². The minimum atomic E-state index is -0.479. The number of anilines is 2. The normalized spacial score (nSPS) is 13.8. The van der Waals surface area contributed by atoms with Crippen LogP contribution in [0.4, 0.5) is 11.4 Å². The SMILES string of the molecule is COC(=O)c1cc(N2CCOCC2)ccc1NC(=O)CSc1ccc2ccccc2c1. The van der Waals surface area contributed by atoms with Crippen molar-refractivity contribution < 1.29 is 19.1 Å². The van der Waals surface area contributed by atoms with Crippen LogP contribution in [-0.2, 0) is 14.3 Å². The molecule has 1 heterocycles. The molecule has 4 rings (SSSR count). The van der Waals surface area contributed by atoms with E-state index in [1.54, 1.807) is 12.1 Å². The summed E-state index contributed by atoms with van der Waals surface area (Å²) in [4.78, 5) is 28.1. The number of fused-ring (bicyclic) bond motifs is 1. The lowest BCUT2D eigenvalue weighted by Crippen LogP contribution is -2.36. The number of nitrogens with one attached hydrogen (secondary N) is 1. The van der Waals surface area contributed by atoms with Crippen molar-refractivity contribution in [1.82, 2.24) is 0 Å². The maximum Gasteiger partial charge on any atom is 0.340 e. The number of hydrogen-bond acceptors (Lipinski definition) is 6. The standard InChI is InChI=1S/C24H24N2O4S/c1-29-24(28)21-15-19(26-10-12-30-13-11-26)7-9-22(21)25-23(27)16-31-20-8-6-17-4-2-3-5-18(17)14-20/h2-9,14-15H,10-13,16H2,1H3,(H,25,27). The zero-order valence-electron chi connectivity index (χ0n) is 17.3. The van der Waals surface area contributed by atoms with Crippen molar-refractivity contribution in [2.24, 2.45) is 0 Å². The number of morpholine rings is 1. The number of carbonyl (C=O) groups is 2. The molecule has 7 heteroatoms. The first-order chi connectivity index (χ1) is 15.1. The van der Waals surface area contributed by atoms with Crippen molar-refractivity contribution in [2.45, 2.75) is 4.90 Å². The van der Waals surface area contributed by atoms with E-state index in [2.05, 4.69) is 34.5 Å². The van der Waals surface area contributed by atoms with Gasteiger partial charge in [0.2, 0.25) is 5.91 Å². The van der Waals surface area contributed by atoms with E-state index in [0.717, 1.165) is 29.1 Å². The van der Waals surface area contributed by atoms with Crippen molar-refractivity contribution >= 4 is 45.8 Å². The molecule has 0 radical (unpaired) electrons. The molecule has 0 aliphatic carbocycles. The molecule has 1 aliphatic heterocycles. The number of methoxy groups -OCH3 is 1. The van der Waals surface area contributed by atoms with Gasteiger partial charge < -0.3 is 19.7 Å². The molecule has 1 amide bonds. The van der Waals surface area contributed by atoms with Gasteiger partial charge in [-0.2, -0.15) is 0 Å². The zero-order valence-corrected chi connectivity index (χ0v) is 18.1. The Bertz CT molecular complexity index is 1100. The summed E-state index contributed by atoms with van der Waals surface area (Å²) in [6, 6.07) is 19.7. The minimum Gasteiger partial charge on any atom is -0.465 e. The summed E-state index contributed by atoms with van der Waals surface area (Å²) < 4.78 is 10.3. The molecular formula is C24H24N2O4S. The first kappa shape index (κ1) is 21.2. The summed E-state index contributed by atoms with van der Waals surface area (Å²) in [6.45, 7) is 2.82. The molecule has 1 saturated heterocycles. The molecule has 1 aliphatic rings. The van der Waals surface area contributed by atoms with Crippen LogP contribution in [0, 0.1) is 0 Å². The smallest absolute Gasteiger partial charge is 0.340 e. The van der Waals surface area contributed by atoms with E-state index in [0.29, 0.717) is 24.5 Å². The highest BCUT2D eigenvalue weighted by molar-refractivity contribution is 8.00. The highest BCUT2D eigenvalue weighted by Gasteiger charge is 2.18. The number of rotatable bonds is 6. The Morgan fingerprint density at radius 2 is 1.81 bits per heavy atom. The van der Waals surface area contributed by atoms with Crippen LogP contribution in [0.2, 0.25) is 0 Å². The fraction of sp³-hybridized carbons (Fsp3) is 0.250. The molecule has 0 bridgehead atoms. The van der Waals surface area contributed by atoms with Crippen LogP contribution in [0.1, 0.15) is 10.4 Å². The average molecular weight is 437 g/mol. The number of esters is 1. The highest BCUT2D eigenvalue weighted by Crippen LogP contribution is 2.27. The van der Waals surface area contributed by atoms with Crippen LogP contribution in [-0.4, -0.2) is 51.0 Å². The van der Waals surface area contributed by atoms with E-state index in [1.165, 1.54) is 24.3 Å². The summed E-state index contributed by atoms with van der Waals surface area (Å²) in [5, 5.41) is 5.16. The Kier molecular flexibility index (Phi) is 6.74. The molecular weight excluding hydrogens is 412 g/mol. The Morgan fingerprint density at radius 1 is 1.03 bits per heavy atom. The van der Waals surface area contributed by atoms with E-state index in [-0.39, 0.29) is 11.7 Å². The molecule has 0 saturated carbocycles. The lowest BCUT2D eigenvalue weighted by Gasteiger charge is -2.29. The second kappa shape index (κ2) is 9.85. The van der Waals surface area contributed by atoms with Crippen LogP contribution in [0.15, 0.2) is 65.6 Å². The molecule has 0 atom stereocenters. The summed E-state index contributed by atoms with van der Waals surface area (Å²) in [7, 11) is 1.34. The largest absolute Gasteiger partial charge is 0.465 e. The molecule has 3 aromatic carbocycles. The Hall–Kier alpha value is -3.03. The quantitative estimate of drug-likeness (QED) is 0.462. The molecule has 3 aromatic rings. The monoisotopic (exact) mass is 436 g/mol. The van der Waals surface area contributed by atoms with Gasteiger partial charge in [-0.25, -0.2) is 4.79 Å². The second-order valence-corrected chi connectivity index (χ2v) is 8.22. The highest BCUT2D eigenvalue weighted by atomic mass is 32.2. The molecule has 1 N–H and O–H groups in total. The van der Waals surface area contributed by atoms with E-state index < -0.39 is 5.97 Å². The van der Waals surface area contributed by atoms with E-state index in [9.17, 15) is 9.59 Å². The summed E-state index contributed by atoms with van der Waals surface area (Å²) in [5.74, 6) is -0.417. The third-order valence-corrected chi connectivity index (χ3v) is 6.14. The van der Waals surface area contributed by atoms with Crippen LogP contribution in [0.25, 0.3) is 10.8 Å². The van der Waals surface area contributed by atoms with Crippen LogP contribution in [0.5, 0.6) is 0 Å². The van der Waals surface area contributed by atoms with Gasteiger partial charge in [-0.1, -0.05) is 30.3 Å². The fourth-order valence-corrected chi connectivity index (χ4v) is 4.28. The second-order valence-electron chi connectivity index (χ2n) is 7.17. The third-order valence-electron chi connectivity index (χ3n) is 5.15. The molecule has 0 spiro atoms. The third kappa shape index (κ3) is 5.18. The predicted octanol–water partition coefficient (Wildman–Crippen LogP) is 4.19. The number of nitrogens with zero attached hydrogens (tertiary/aromatic N) is 1. The summed E-state index contributed by atoms with van der Waals surface area (Å²) in [5.41, 5.74) is 1.70. The van der Waals surface area contributed by atoms with Gasteiger partial charge in [-0.15, -0.1) is 11.8 Å². The number of thioether (sulfide) groups is 1. The summed E-state index contributed by atoms with van der Waals surface area (Å²) >= 11 is 1.46. The Morgan fingerprint density at radius 3 is 2.58 bits per heavy atom. The predicted molar refractivity (Wildman–Crippen MR) is 124 cm³/mol. The molecule has 0 aromatic heterocycles. The first-order valence-electron chi connectivity index (χ1n) is 10.1. The maximum absolute atomic E-state index is 12.6. The number of ether oxygens (including phenoxy) is 2. The number of benzene rings is 3. The number of carbonyl (C=O) groups excluding carboxylic acids is 2. The molecule has 160 valence electrons. The van der Waals surface area contributed by atoms with Gasteiger partial charge in [-0.3, -0.25) is 4.79 Å². The van der Waals surface area contributed by atoms with E-state index in [4.69, 9.17) is 9.47 Å². The maximum atomic E-state index is 12.6. The van der Waals surface area contributed by atoms with Crippen molar-refractivity contribution in [1.29, 1.82) is 0 Å². The van der Waals surface area contributed by atoms with Gasteiger partial charge in [0, 0.05) is 23.7 Å². The Balaban J connectivity index is 1.45. The van der Waals surface area contributed by atoms with Gasteiger partial charge in [0.05, 0.1) is 37.3 Å². The van der Waals surface area contributed by atoms with Crippen LogP contribution >= 0.6 is 11.8 Å². The summed E-state index contributed by atoms with van der Waals surface area (Å²) in [6.07, 6.45) is 0. The van der Waals surface area contributed by atoms with E-state index in [1.807, 2.05) is 24.3 Å². The van der Waals surface area contributed by atoms with E-state index >= 15 is 0 Å². The minimum absolute atomic E-state index is 0.178.